The molecule has 0 aromatic carbocycles. The number of pyridine rings is 1. The molecule has 2 N–H and O–H groups in total. The fourth-order valence-electron chi connectivity index (χ4n) is 3.23. The molecule has 24 heavy (non-hydrogen) atoms. The smallest absolute Gasteiger partial charge is 0.317 e. The third kappa shape index (κ3) is 4.46. The lowest BCUT2D eigenvalue weighted by Gasteiger charge is -2.30. The Balaban J connectivity index is 1.52. The number of nitrogens with zero attached hydrogens (tertiary/aromatic N) is 2. The number of nitrogens with one attached hydrogen (secondary N) is 2. The molecule has 0 bridgehead atoms. The van der Waals surface area contributed by atoms with E-state index in [2.05, 4.69) is 15.6 Å². The van der Waals surface area contributed by atoms with Crippen LogP contribution in [0.2, 0.25) is 0 Å². The number of carbonyl (C=O) groups excluding carboxylic acids is 2. The summed E-state index contributed by atoms with van der Waals surface area (Å²) in [4.78, 5) is 30.2. The zero-order valence-corrected chi connectivity index (χ0v) is 14.0. The van der Waals surface area contributed by atoms with Crippen molar-refractivity contribution in [2.75, 3.05) is 19.6 Å². The Kier molecular flexibility index (Phi) is 5.67. The van der Waals surface area contributed by atoms with Gasteiger partial charge in [-0.3, -0.25) is 9.78 Å². The Morgan fingerprint density at radius 1 is 1.04 bits per heavy atom. The second-order valence-electron chi connectivity index (χ2n) is 6.64. The van der Waals surface area contributed by atoms with Crippen LogP contribution in [0.4, 0.5) is 4.79 Å². The Morgan fingerprint density at radius 3 is 2.54 bits per heavy atom. The Labute approximate surface area is 143 Å². The lowest BCUT2D eigenvalue weighted by atomic mass is 10.0. The highest BCUT2D eigenvalue weighted by Crippen LogP contribution is 2.30. The number of rotatable bonds is 5. The van der Waals surface area contributed by atoms with Gasteiger partial charge in [0.25, 0.3) is 0 Å². The van der Waals surface area contributed by atoms with Gasteiger partial charge in [-0.1, -0.05) is 12.8 Å². The molecule has 1 aliphatic heterocycles. The van der Waals surface area contributed by atoms with Gasteiger partial charge in [0.1, 0.15) is 0 Å². The molecule has 6 nitrogen and oxygen atoms in total. The second kappa shape index (κ2) is 8.13. The van der Waals surface area contributed by atoms with E-state index in [9.17, 15) is 9.59 Å². The first-order valence-electron chi connectivity index (χ1n) is 8.98. The van der Waals surface area contributed by atoms with Crippen LogP contribution in [0.5, 0.6) is 0 Å². The molecule has 0 unspecified atom stereocenters. The maximum absolute atomic E-state index is 12.6. The van der Waals surface area contributed by atoms with Crippen molar-refractivity contribution in [1.29, 1.82) is 0 Å². The summed E-state index contributed by atoms with van der Waals surface area (Å²) in [5.74, 6) is 0.330. The van der Waals surface area contributed by atoms with Crippen LogP contribution in [0.3, 0.4) is 0 Å². The van der Waals surface area contributed by atoms with Gasteiger partial charge in [0.2, 0.25) is 5.91 Å². The summed E-state index contributed by atoms with van der Waals surface area (Å²) in [5.41, 5.74) is 1.14. The highest BCUT2D eigenvalue weighted by molar-refractivity contribution is 5.81. The zero-order chi connectivity index (χ0) is 16.8. The number of aromatic nitrogens is 1. The van der Waals surface area contributed by atoms with E-state index >= 15 is 0 Å². The van der Waals surface area contributed by atoms with Gasteiger partial charge in [-0.25, -0.2) is 4.79 Å². The summed E-state index contributed by atoms with van der Waals surface area (Å²) in [6, 6.07) is 4.05. The molecule has 1 aliphatic carbocycles. The molecule has 6 heteroatoms. The fraction of sp³-hybridized carbons (Fsp3) is 0.611. The Hall–Kier alpha value is -2.11. The minimum absolute atomic E-state index is 0.0422. The molecule has 3 amide bonds. The van der Waals surface area contributed by atoms with Crippen molar-refractivity contribution in [3.63, 3.8) is 0 Å². The van der Waals surface area contributed by atoms with Crippen LogP contribution in [0, 0.1) is 5.92 Å². The summed E-state index contributed by atoms with van der Waals surface area (Å²) >= 11 is 0. The van der Waals surface area contributed by atoms with E-state index in [0.717, 1.165) is 50.6 Å². The predicted molar refractivity (Wildman–Crippen MR) is 91.3 cm³/mol. The molecule has 0 radical (unpaired) electrons. The average molecular weight is 330 g/mol. The molecule has 2 fully saturated rings. The van der Waals surface area contributed by atoms with Gasteiger partial charge in [0, 0.05) is 37.9 Å². The summed E-state index contributed by atoms with van der Waals surface area (Å²) in [6.45, 7) is 1.74. The highest BCUT2D eigenvalue weighted by atomic mass is 16.2. The van der Waals surface area contributed by atoms with Gasteiger partial charge in [-0.2, -0.15) is 0 Å². The number of amides is 3. The average Bonchev–Trinajstić information content (AvgIpc) is 3.45. The van der Waals surface area contributed by atoms with Crippen LogP contribution < -0.4 is 10.6 Å². The zero-order valence-electron chi connectivity index (χ0n) is 14.0. The molecule has 1 aromatic heterocycles. The number of carbonyl (C=O) groups is 2. The van der Waals surface area contributed by atoms with Gasteiger partial charge in [0.05, 0.1) is 6.04 Å². The molecular formula is C18H26N4O2. The minimum Gasteiger partial charge on any atom is -0.354 e. The van der Waals surface area contributed by atoms with Crippen molar-refractivity contribution in [3.05, 3.63) is 30.1 Å². The van der Waals surface area contributed by atoms with Crippen LogP contribution in [0.25, 0.3) is 0 Å². The SMILES string of the molecule is O=C(NCCNC(=O)N1CCCCC[C@H]1c1ccncc1)C1CC1. The molecule has 1 saturated heterocycles. The molecule has 1 saturated carbocycles. The van der Waals surface area contributed by atoms with E-state index in [-0.39, 0.29) is 23.9 Å². The molecular weight excluding hydrogens is 304 g/mol. The first-order chi connectivity index (χ1) is 11.8. The fourth-order valence-corrected chi connectivity index (χ4v) is 3.23. The second-order valence-corrected chi connectivity index (χ2v) is 6.64. The van der Waals surface area contributed by atoms with Crippen LogP contribution in [0.15, 0.2) is 24.5 Å². The number of urea groups is 1. The highest BCUT2D eigenvalue weighted by Gasteiger charge is 2.29. The molecule has 1 aromatic rings. The summed E-state index contributed by atoms with van der Waals surface area (Å²) in [7, 11) is 0. The van der Waals surface area contributed by atoms with Crippen molar-refractivity contribution >= 4 is 11.9 Å². The van der Waals surface area contributed by atoms with Crippen LogP contribution in [0.1, 0.15) is 50.1 Å². The lowest BCUT2D eigenvalue weighted by molar-refractivity contribution is -0.122. The molecule has 2 aliphatic rings. The Bertz CT molecular complexity index is 559. The van der Waals surface area contributed by atoms with E-state index in [1.165, 1.54) is 0 Å². The van der Waals surface area contributed by atoms with E-state index in [1.807, 2.05) is 17.0 Å². The molecule has 3 rings (SSSR count). The molecule has 130 valence electrons. The lowest BCUT2D eigenvalue weighted by Crippen LogP contribution is -2.44. The van der Waals surface area contributed by atoms with E-state index in [0.29, 0.717) is 13.1 Å². The number of hydrogen-bond donors (Lipinski definition) is 2. The van der Waals surface area contributed by atoms with Crippen molar-refractivity contribution in [3.8, 4) is 0 Å². The summed E-state index contributed by atoms with van der Waals surface area (Å²) in [6.07, 6.45) is 9.87. The van der Waals surface area contributed by atoms with Crippen molar-refractivity contribution in [2.24, 2.45) is 5.92 Å². The van der Waals surface area contributed by atoms with Crippen molar-refractivity contribution in [2.45, 2.75) is 44.6 Å². The van der Waals surface area contributed by atoms with Crippen molar-refractivity contribution in [1.82, 2.24) is 20.5 Å². The van der Waals surface area contributed by atoms with E-state index in [1.54, 1.807) is 12.4 Å². The van der Waals surface area contributed by atoms with Gasteiger partial charge >= 0.3 is 6.03 Å². The number of likely N-dealkylation sites (tertiary alicyclic amines) is 1. The van der Waals surface area contributed by atoms with Gasteiger partial charge in [-0.05, 0) is 43.4 Å². The third-order valence-corrected chi connectivity index (χ3v) is 4.75. The van der Waals surface area contributed by atoms with Gasteiger partial charge in [-0.15, -0.1) is 0 Å². The largest absolute Gasteiger partial charge is 0.354 e. The number of hydrogen-bond acceptors (Lipinski definition) is 3. The summed E-state index contributed by atoms with van der Waals surface area (Å²) in [5, 5.41) is 5.83. The van der Waals surface area contributed by atoms with Crippen LogP contribution >= 0.6 is 0 Å². The van der Waals surface area contributed by atoms with E-state index in [4.69, 9.17) is 0 Å². The first-order valence-corrected chi connectivity index (χ1v) is 8.98. The van der Waals surface area contributed by atoms with Gasteiger partial charge in [0.15, 0.2) is 0 Å². The topological polar surface area (TPSA) is 74.3 Å². The standard InChI is InChI=1S/C18H26N4O2/c23-17(15-5-6-15)20-11-12-21-18(24)22-13-3-1-2-4-16(22)14-7-9-19-10-8-14/h7-10,15-16H,1-6,11-13H2,(H,20,23)(H,21,24)/t16-/m0/s1. The molecule has 1 atom stereocenters. The normalized spacial score (nSPS) is 21.0. The maximum Gasteiger partial charge on any atom is 0.317 e. The van der Waals surface area contributed by atoms with E-state index < -0.39 is 0 Å². The monoisotopic (exact) mass is 330 g/mol. The molecule has 2 heterocycles. The first kappa shape index (κ1) is 16.7. The summed E-state index contributed by atoms with van der Waals surface area (Å²) < 4.78 is 0. The maximum atomic E-state index is 12.6. The van der Waals surface area contributed by atoms with Gasteiger partial charge < -0.3 is 15.5 Å². The third-order valence-electron chi connectivity index (χ3n) is 4.75. The quantitative estimate of drug-likeness (QED) is 0.813. The van der Waals surface area contributed by atoms with Crippen LogP contribution in [-0.4, -0.2) is 41.5 Å². The Morgan fingerprint density at radius 2 is 1.79 bits per heavy atom. The van der Waals surface area contributed by atoms with Crippen LogP contribution in [-0.2, 0) is 4.79 Å². The van der Waals surface area contributed by atoms with Crippen molar-refractivity contribution < 1.29 is 9.59 Å². The minimum atomic E-state index is -0.0422. The molecule has 0 spiro atoms. The predicted octanol–water partition coefficient (Wildman–Crippen LogP) is 2.23.